The zero-order valence-electron chi connectivity index (χ0n) is 17.0. The van der Waals surface area contributed by atoms with Crippen molar-refractivity contribution in [3.63, 3.8) is 0 Å². The molecule has 0 aliphatic carbocycles. The van der Waals surface area contributed by atoms with E-state index in [0.29, 0.717) is 16.8 Å². The lowest BCUT2D eigenvalue weighted by Crippen LogP contribution is -2.38. The quantitative estimate of drug-likeness (QED) is 0.690. The summed E-state index contributed by atoms with van der Waals surface area (Å²) >= 11 is 0. The Bertz CT molecular complexity index is 961. The summed E-state index contributed by atoms with van der Waals surface area (Å²) in [5, 5.41) is 5.60. The molecule has 156 valence electrons. The van der Waals surface area contributed by atoms with Crippen molar-refractivity contribution in [3.8, 4) is 0 Å². The molecule has 0 fully saturated rings. The number of nitrogens with one attached hydrogen (secondary N) is 2. The Morgan fingerprint density at radius 1 is 1.03 bits per heavy atom. The lowest BCUT2D eigenvalue weighted by molar-refractivity contribution is -0.119. The molecule has 7 nitrogen and oxygen atoms in total. The molecule has 0 bridgehead atoms. The third kappa shape index (κ3) is 5.88. The van der Waals surface area contributed by atoms with Crippen LogP contribution in [0.5, 0.6) is 0 Å². The van der Waals surface area contributed by atoms with Gasteiger partial charge in [-0.05, 0) is 31.0 Å². The molecule has 2 atom stereocenters. The minimum Gasteiger partial charge on any atom is -0.350 e. The molecule has 0 heterocycles. The van der Waals surface area contributed by atoms with Gasteiger partial charge in [0.25, 0.3) is 5.91 Å². The van der Waals surface area contributed by atoms with E-state index in [4.69, 9.17) is 0 Å². The highest BCUT2D eigenvalue weighted by Gasteiger charge is 2.31. The van der Waals surface area contributed by atoms with Crippen LogP contribution in [0.15, 0.2) is 54.6 Å². The van der Waals surface area contributed by atoms with Gasteiger partial charge >= 0.3 is 0 Å². The van der Waals surface area contributed by atoms with E-state index in [1.807, 2.05) is 13.8 Å². The number of anilines is 1. The first-order valence-corrected chi connectivity index (χ1v) is 11.2. The maximum atomic E-state index is 13.1. The van der Waals surface area contributed by atoms with Crippen LogP contribution in [0.2, 0.25) is 0 Å². The molecule has 0 saturated carbocycles. The molecule has 2 N–H and O–H groups in total. The Hall–Kier alpha value is -2.71. The SMILES string of the molecule is CC[C@@H](C)NC(=O)c1ccccc1NC(=O)[C@@H](c1ccccc1)N(C)S(C)(=O)=O. The average Bonchev–Trinajstić information content (AvgIpc) is 2.68. The van der Waals surface area contributed by atoms with Crippen molar-refractivity contribution >= 4 is 27.5 Å². The van der Waals surface area contributed by atoms with Crippen molar-refractivity contribution in [3.05, 3.63) is 65.7 Å². The number of hydrogen-bond acceptors (Lipinski definition) is 4. The Balaban J connectivity index is 2.37. The summed E-state index contributed by atoms with van der Waals surface area (Å²) in [6.45, 7) is 3.86. The first kappa shape index (κ1) is 22.6. The van der Waals surface area contributed by atoms with Gasteiger partial charge in [-0.1, -0.05) is 49.4 Å². The standard InChI is InChI=1S/C21H27N3O4S/c1-5-15(2)22-20(25)17-13-9-10-14-18(17)23-21(26)19(24(3)29(4,27)28)16-11-7-6-8-12-16/h6-15,19H,5H2,1-4H3,(H,22,25)(H,23,26)/t15-,19-/m1/s1. The molecule has 0 radical (unpaired) electrons. The number of carbonyl (C=O) groups is 2. The number of sulfonamides is 1. The summed E-state index contributed by atoms with van der Waals surface area (Å²) in [7, 11) is -2.28. The normalized spacial score (nSPS) is 13.6. The van der Waals surface area contributed by atoms with Crippen LogP contribution in [0.3, 0.4) is 0 Å². The summed E-state index contributed by atoms with van der Waals surface area (Å²) < 4.78 is 25.2. The lowest BCUT2D eigenvalue weighted by Gasteiger charge is -2.26. The Morgan fingerprint density at radius 3 is 2.21 bits per heavy atom. The van der Waals surface area contributed by atoms with Crippen molar-refractivity contribution in [2.24, 2.45) is 0 Å². The van der Waals surface area contributed by atoms with Crippen LogP contribution in [0, 0.1) is 0 Å². The highest BCUT2D eigenvalue weighted by Crippen LogP contribution is 2.25. The van der Waals surface area contributed by atoms with Gasteiger partial charge in [0.1, 0.15) is 6.04 Å². The van der Waals surface area contributed by atoms with E-state index in [9.17, 15) is 18.0 Å². The molecule has 8 heteroatoms. The van der Waals surface area contributed by atoms with E-state index in [-0.39, 0.29) is 11.9 Å². The number of carbonyl (C=O) groups excluding carboxylic acids is 2. The zero-order valence-corrected chi connectivity index (χ0v) is 17.9. The highest BCUT2D eigenvalue weighted by molar-refractivity contribution is 7.88. The summed E-state index contributed by atoms with van der Waals surface area (Å²) in [6.07, 6.45) is 1.82. The topological polar surface area (TPSA) is 95.6 Å². The molecular weight excluding hydrogens is 390 g/mol. The molecule has 2 aromatic carbocycles. The molecule has 2 aromatic rings. The zero-order chi connectivity index (χ0) is 21.6. The molecule has 0 aliphatic heterocycles. The molecule has 0 aromatic heterocycles. The largest absolute Gasteiger partial charge is 0.350 e. The Kier molecular flexibility index (Phi) is 7.53. The fourth-order valence-electron chi connectivity index (χ4n) is 2.75. The summed E-state index contributed by atoms with van der Waals surface area (Å²) in [4.78, 5) is 25.7. The molecule has 0 unspecified atom stereocenters. The lowest BCUT2D eigenvalue weighted by atomic mass is 10.1. The van der Waals surface area contributed by atoms with Crippen LogP contribution in [-0.4, -0.2) is 43.9 Å². The molecule has 2 amide bonds. The van der Waals surface area contributed by atoms with Crippen LogP contribution in [0.4, 0.5) is 5.69 Å². The predicted octanol–water partition coefficient (Wildman–Crippen LogP) is 2.79. The molecule has 29 heavy (non-hydrogen) atoms. The number of nitrogens with zero attached hydrogens (tertiary/aromatic N) is 1. The smallest absolute Gasteiger partial charge is 0.253 e. The molecule has 0 saturated heterocycles. The number of amides is 2. The fourth-order valence-corrected chi connectivity index (χ4v) is 3.35. The number of rotatable bonds is 8. The minimum absolute atomic E-state index is 0.0142. The molecular formula is C21H27N3O4S. The second-order valence-corrected chi connectivity index (χ2v) is 8.95. The number of benzene rings is 2. The maximum absolute atomic E-state index is 13.1. The third-order valence-electron chi connectivity index (χ3n) is 4.67. The van der Waals surface area contributed by atoms with Crippen LogP contribution < -0.4 is 10.6 Å². The Morgan fingerprint density at radius 2 is 1.62 bits per heavy atom. The number of para-hydroxylation sites is 1. The summed E-state index contributed by atoms with van der Waals surface area (Å²) in [5.41, 5.74) is 1.16. The van der Waals surface area contributed by atoms with Crippen molar-refractivity contribution in [1.82, 2.24) is 9.62 Å². The van der Waals surface area contributed by atoms with E-state index in [1.54, 1.807) is 54.6 Å². The van der Waals surface area contributed by atoms with E-state index in [1.165, 1.54) is 7.05 Å². The van der Waals surface area contributed by atoms with Crippen molar-refractivity contribution < 1.29 is 18.0 Å². The van der Waals surface area contributed by atoms with Gasteiger partial charge in [0.15, 0.2) is 0 Å². The van der Waals surface area contributed by atoms with Gasteiger partial charge in [-0.2, -0.15) is 4.31 Å². The highest BCUT2D eigenvalue weighted by atomic mass is 32.2. The Labute approximate surface area is 172 Å². The van der Waals surface area contributed by atoms with Crippen molar-refractivity contribution in [2.45, 2.75) is 32.4 Å². The van der Waals surface area contributed by atoms with Gasteiger partial charge in [-0.15, -0.1) is 0 Å². The fraction of sp³-hybridized carbons (Fsp3) is 0.333. The maximum Gasteiger partial charge on any atom is 0.253 e. The van der Waals surface area contributed by atoms with Crippen LogP contribution in [-0.2, 0) is 14.8 Å². The van der Waals surface area contributed by atoms with Crippen molar-refractivity contribution in [2.75, 3.05) is 18.6 Å². The minimum atomic E-state index is -3.64. The average molecular weight is 418 g/mol. The van der Waals surface area contributed by atoms with E-state index in [0.717, 1.165) is 17.0 Å². The van der Waals surface area contributed by atoms with E-state index >= 15 is 0 Å². The van der Waals surface area contributed by atoms with Crippen LogP contribution >= 0.6 is 0 Å². The van der Waals surface area contributed by atoms with Gasteiger partial charge < -0.3 is 10.6 Å². The van der Waals surface area contributed by atoms with E-state index in [2.05, 4.69) is 10.6 Å². The van der Waals surface area contributed by atoms with Gasteiger partial charge in [-0.25, -0.2) is 8.42 Å². The van der Waals surface area contributed by atoms with Crippen LogP contribution in [0.25, 0.3) is 0 Å². The van der Waals surface area contributed by atoms with Gasteiger partial charge in [0, 0.05) is 13.1 Å². The molecule has 0 spiro atoms. The van der Waals surface area contributed by atoms with Crippen LogP contribution in [0.1, 0.15) is 42.2 Å². The predicted molar refractivity (Wildman–Crippen MR) is 114 cm³/mol. The first-order valence-electron chi connectivity index (χ1n) is 9.33. The molecule has 2 rings (SSSR count). The summed E-state index contributed by atoms with van der Waals surface area (Å²) in [6, 6.07) is 14.2. The van der Waals surface area contributed by atoms with Gasteiger partial charge in [0.2, 0.25) is 15.9 Å². The van der Waals surface area contributed by atoms with E-state index < -0.39 is 22.0 Å². The number of likely N-dealkylation sites (N-methyl/N-ethyl adjacent to an activating group) is 1. The monoisotopic (exact) mass is 417 g/mol. The van der Waals surface area contributed by atoms with Gasteiger partial charge in [-0.3, -0.25) is 9.59 Å². The first-order chi connectivity index (χ1) is 13.6. The second-order valence-electron chi connectivity index (χ2n) is 6.91. The number of hydrogen-bond donors (Lipinski definition) is 2. The second kappa shape index (κ2) is 9.67. The third-order valence-corrected chi connectivity index (χ3v) is 5.93. The summed E-state index contributed by atoms with van der Waals surface area (Å²) in [5.74, 6) is -0.851. The molecule has 0 aliphatic rings. The van der Waals surface area contributed by atoms with Gasteiger partial charge in [0.05, 0.1) is 17.5 Å². The van der Waals surface area contributed by atoms with Crippen molar-refractivity contribution in [1.29, 1.82) is 0 Å².